The van der Waals surface area contributed by atoms with E-state index >= 15 is 0 Å². The number of para-hydroxylation sites is 1. The molecule has 4 aromatic rings. The summed E-state index contributed by atoms with van der Waals surface area (Å²) in [6.45, 7) is 5.74. The van der Waals surface area contributed by atoms with Crippen molar-refractivity contribution < 1.29 is 9.53 Å². The van der Waals surface area contributed by atoms with Gasteiger partial charge in [0.15, 0.2) is 5.69 Å². The molecule has 4 rings (SSSR count). The van der Waals surface area contributed by atoms with Crippen LogP contribution in [0.1, 0.15) is 35.9 Å². The number of hydrogen-bond donors (Lipinski definition) is 1. The summed E-state index contributed by atoms with van der Waals surface area (Å²) in [6.07, 6.45) is 0. The van der Waals surface area contributed by atoms with Gasteiger partial charge in [-0.1, -0.05) is 23.4 Å². The van der Waals surface area contributed by atoms with Crippen molar-refractivity contribution in [3.63, 3.8) is 0 Å². The molecule has 0 aliphatic heterocycles. The van der Waals surface area contributed by atoms with Crippen LogP contribution in [0, 0.1) is 6.92 Å². The van der Waals surface area contributed by atoms with Crippen LogP contribution in [0.25, 0.3) is 16.6 Å². The highest BCUT2D eigenvalue weighted by atomic mass is 16.5. The van der Waals surface area contributed by atoms with Gasteiger partial charge in [0.05, 0.1) is 35.9 Å². The van der Waals surface area contributed by atoms with Crippen LogP contribution in [0.2, 0.25) is 0 Å². The molecule has 1 amide bonds. The van der Waals surface area contributed by atoms with Crippen molar-refractivity contribution in [2.75, 3.05) is 7.11 Å². The first-order valence-corrected chi connectivity index (χ1v) is 10.2. The lowest BCUT2D eigenvalue weighted by molar-refractivity contribution is 0.0678. The van der Waals surface area contributed by atoms with Crippen molar-refractivity contribution in [1.29, 1.82) is 0 Å². The standard InChI is InChI=1S/C23H24N6O3/c1-14(2)28(13-20-24-19-11-6-5-10-18(19)22(30)25-20)23(31)21-15(3)29(27-26-21)16-8-7-9-17(12-16)32-4/h5-12,14H,13H2,1-4H3,(H,24,25,30). The van der Waals surface area contributed by atoms with Gasteiger partial charge in [0.2, 0.25) is 0 Å². The maximum atomic E-state index is 13.4. The Balaban J connectivity index is 1.66. The van der Waals surface area contributed by atoms with Crippen molar-refractivity contribution >= 4 is 16.8 Å². The number of aromatic nitrogens is 5. The number of ether oxygens (including phenoxy) is 1. The predicted octanol–water partition coefficient (Wildman–Crippen LogP) is 2.87. The molecule has 0 radical (unpaired) electrons. The lowest BCUT2D eigenvalue weighted by atomic mass is 10.2. The van der Waals surface area contributed by atoms with Gasteiger partial charge in [0.1, 0.15) is 11.6 Å². The smallest absolute Gasteiger partial charge is 0.276 e. The zero-order valence-electron chi connectivity index (χ0n) is 18.4. The fourth-order valence-corrected chi connectivity index (χ4v) is 3.51. The SMILES string of the molecule is COc1cccc(-n2nnc(C(=O)N(Cc3nc4ccccc4c(=O)[nH]3)C(C)C)c2C)c1. The maximum absolute atomic E-state index is 13.4. The average molecular weight is 432 g/mol. The van der Waals surface area contributed by atoms with Gasteiger partial charge in [0.25, 0.3) is 11.5 Å². The van der Waals surface area contributed by atoms with Gasteiger partial charge in [-0.2, -0.15) is 0 Å². The molecule has 0 unspecified atom stereocenters. The Morgan fingerprint density at radius 2 is 1.97 bits per heavy atom. The predicted molar refractivity (Wildman–Crippen MR) is 120 cm³/mol. The quantitative estimate of drug-likeness (QED) is 0.502. The summed E-state index contributed by atoms with van der Waals surface area (Å²) in [6, 6.07) is 14.3. The van der Waals surface area contributed by atoms with Crippen LogP contribution in [0.15, 0.2) is 53.3 Å². The highest BCUT2D eigenvalue weighted by Crippen LogP contribution is 2.20. The molecule has 9 nitrogen and oxygen atoms in total. The lowest BCUT2D eigenvalue weighted by Gasteiger charge is -2.25. The fourth-order valence-electron chi connectivity index (χ4n) is 3.51. The Labute approximate surface area is 184 Å². The van der Waals surface area contributed by atoms with Crippen LogP contribution < -0.4 is 10.3 Å². The van der Waals surface area contributed by atoms with Crippen molar-refractivity contribution in [1.82, 2.24) is 29.9 Å². The van der Waals surface area contributed by atoms with Crippen LogP contribution in [-0.2, 0) is 6.54 Å². The van der Waals surface area contributed by atoms with Gasteiger partial charge in [-0.05, 0) is 45.0 Å². The third kappa shape index (κ3) is 3.96. The minimum atomic E-state index is -0.289. The Morgan fingerprint density at radius 3 is 2.72 bits per heavy atom. The Hall–Kier alpha value is -4.01. The third-order valence-corrected chi connectivity index (χ3v) is 5.26. The van der Waals surface area contributed by atoms with Crippen molar-refractivity contribution in [2.45, 2.75) is 33.4 Å². The van der Waals surface area contributed by atoms with Crippen LogP contribution >= 0.6 is 0 Å². The maximum Gasteiger partial charge on any atom is 0.276 e. The summed E-state index contributed by atoms with van der Waals surface area (Å²) in [7, 11) is 1.59. The first-order valence-electron chi connectivity index (χ1n) is 10.2. The van der Waals surface area contributed by atoms with Crippen molar-refractivity contribution in [3.8, 4) is 11.4 Å². The fraction of sp³-hybridized carbons (Fsp3) is 0.261. The number of aromatic amines is 1. The molecule has 0 saturated heterocycles. The topological polar surface area (TPSA) is 106 Å². The number of nitrogens with zero attached hydrogens (tertiary/aromatic N) is 5. The third-order valence-electron chi connectivity index (χ3n) is 5.26. The van der Waals surface area contributed by atoms with E-state index in [0.717, 1.165) is 5.69 Å². The van der Waals surface area contributed by atoms with Gasteiger partial charge in [-0.15, -0.1) is 5.10 Å². The summed E-state index contributed by atoms with van der Waals surface area (Å²) in [4.78, 5) is 34.7. The minimum Gasteiger partial charge on any atom is -0.497 e. The summed E-state index contributed by atoms with van der Waals surface area (Å²) in [5, 5.41) is 8.83. The molecule has 0 aliphatic carbocycles. The molecule has 0 bridgehead atoms. The number of H-pyrrole nitrogens is 1. The molecule has 1 N–H and O–H groups in total. The molecule has 32 heavy (non-hydrogen) atoms. The number of nitrogens with one attached hydrogen (secondary N) is 1. The van der Waals surface area contributed by atoms with E-state index in [1.807, 2.05) is 44.2 Å². The van der Waals surface area contributed by atoms with E-state index in [0.29, 0.717) is 28.2 Å². The largest absolute Gasteiger partial charge is 0.497 e. The lowest BCUT2D eigenvalue weighted by Crippen LogP contribution is -2.38. The summed E-state index contributed by atoms with van der Waals surface area (Å²) in [5.41, 5.74) is 1.94. The van der Waals surface area contributed by atoms with Crippen LogP contribution in [0.3, 0.4) is 0 Å². The number of methoxy groups -OCH3 is 1. The normalized spacial score (nSPS) is 11.2. The summed E-state index contributed by atoms with van der Waals surface area (Å²) in [5.74, 6) is 0.802. The van der Waals surface area contributed by atoms with Gasteiger partial charge < -0.3 is 14.6 Å². The molecule has 0 saturated carbocycles. The number of carbonyl (C=O) groups is 1. The number of fused-ring (bicyclic) bond motifs is 1. The second-order valence-electron chi connectivity index (χ2n) is 7.69. The van der Waals surface area contributed by atoms with E-state index in [1.165, 1.54) is 0 Å². The number of amides is 1. The van der Waals surface area contributed by atoms with Gasteiger partial charge in [-0.3, -0.25) is 9.59 Å². The second-order valence-corrected chi connectivity index (χ2v) is 7.69. The van der Waals surface area contributed by atoms with E-state index in [4.69, 9.17) is 4.74 Å². The Morgan fingerprint density at radius 1 is 1.19 bits per heavy atom. The zero-order valence-corrected chi connectivity index (χ0v) is 18.4. The molecule has 0 spiro atoms. The van der Waals surface area contributed by atoms with Crippen LogP contribution in [-0.4, -0.2) is 48.9 Å². The van der Waals surface area contributed by atoms with E-state index in [2.05, 4.69) is 20.3 Å². The zero-order chi connectivity index (χ0) is 22.8. The molecule has 0 aliphatic rings. The molecule has 164 valence electrons. The number of hydrogen-bond acceptors (Lipinski definition) is 6. The average Bonchev–Trinajstić information content (AvgIpc) is 3.18. The van der Waals surface area contributed by atoms with Gasteiger partial charge in [-0.25, -0.2) is 9.67 Å². The van der Waals surface area contributed by atoms with Crippen LogP contribution in [0.4, 0.5) is 0 Å². The summed E-state index contributed by atoms with van der Waals surface area (Å²) < 4.78 is 6.88. The minimum absolute atomic E-state index is 0.141. The molecule has 2 heterocycles. The highest BCUT2D eigenvalue weighted by Gasteiger charge is 2.26. The van der Waals surface area contributed by atoms with Crippen LogP contribution in [0.5, 0.6) is 5.75 Å². The number of carbonyl (C=O) groups excluding carboxylic acids is 1. The molecule has 9 heteroatoms. The first-order chi connectivity index (χ1) is 15.4. The first kappa shape index (κ1) is 21.2. The monoisotopic (exact) mass is 432 g/mol. The Bertz CT molecular complexity index is 1340. The van der Waals surface area contributed by atoms with E-state index in [-0.39, 0.29) is 29.7 Å². The van der Waals surface area contributed by atoms with E-state index in [9.17, 15) is 9.59 Å². The molecular weight excluding hydrogens is 408 g/mol. The number of rotatable bonds is 6. The molecule has 2 aromatic carbocycles. The highest BCUT2D eigenvalue weighted by molar-refractivity contribution is 5.93. The van der Waals surface area contributed by atoms with Crippen molar-refractivity contribution in [2.24, 2.45) is 0 Å². The Kier molecular flexibility index (Phi) is 5.72. The second kappa shape index (κ2) is 8.62. The van der Waals surface area contributed by atoms with E-state index in [1.54, 1.807) is 41.8 Å². The summed E-state index contributed by atoms with van der Waals surface area (Å²) >= 11 is 0. The number of benzene rings is 2. The van der Waals surface area contributed by atoms with Gasteiger partial charge >= 0.3 is 0 Å². The molecule has 0 fully saturated rings. The molecule has 2 aromatic heterocycles. The van der Waals surface area contributed by atoms with E-state index < -0.39 is 0 Å². The van der Waals surface area contributed by atoms with Crippen molar-refractivity contribution in [3.05, 3.63) is 76.1 Å². The van der Waals surface area contributed by atoms with Gasteiger partial charge in [0, 0.05) is 12.1 Å². The molecular formula is C23H24N6O3. The molecule has 0 atom stereocenters.